The van der Waals surface area contributed by atoms with Crippen molar-refractivity contribution in [2.24, 2.45) is 5.92 Å². The van der Waals surface area contributed by atoms with Crippen molar-refractivity contribution in [3.8, 4) is 0 Å². The van der Waals surface area contributed by atoms with Crippen LogP contribution < -0.4 is 5.32 Å². The Morgan fingerprint density at radius 2 is 2.16 bits per heavy atom. The summed E-state index contributed by atoms with van der Waals surface area (Å²) in [6.45, 7) is 5.34. The van der Waals surface area contributed by atoms with Gasteiger partial charge in [0.25, 0.3) is 0 Å². The number of likely N-dealkylation sites (tertiary alicyclic amines) is 1. The lowest BCUT2D eigenvalue weighted by molar-refractivity contribution is 0.174. The molecule has 0 spiro atoms. The predicted molar refractivity (Wildman–Crippen MR) is 79.2 cm³/mol. The zero-order valence-corrected chi connectivity index (χ0v) is 11.9. The highest BCUT2D eigenvalue weighted by molar-refractivity contribution is 5.35. The van der Waals surface area contributed by atoms with Crippen LogP contribution in [0.25, 0.3) is 0 Å². The van der Waals surface area contributed by atoms with Gasteiger partial charge in [-0.3, -0.25) is 4.90 Å². The number of hydrogen-bond acceptors (Lipinski definition) is 3. The van der Waals surface area contributed by atoms with Gasteiger partial charge in [0.05, 0.1) is 5.69 Å². The molecule has 2 atom stereocenters. The Balaban J connectivity index is 1.66. The van der Waals surface area contributed by atoms with Crippen molar-refractivity contribution in [2.75, 3.05) is 18.4 Å². The molecule has 1 saturated carbocycles. The van der Waals surface area contributed by atoms with Crippen LogP contribution in [-0.4, -0.2) is 29.0 Å². The second-order valence-corrected chi connectivity index (χ2v) is 5.92. The van der Waals surface area contributed by atoms with Crippen molar-refractivity contribution >= 4 is 5.82 Å². The number of fused-ring (bicyclic) bond motifs is 1. The van der Waals surface area contributed by atoms with Gasteiger partial charge in [0, 0.05) is 19.1 Å². The monoisotopic (exact) mass is 259 g/mol. The van der Waals surface area contributed by atoms with Crippen LogP contribution in [-0.2, 0) is 6.54 Å². The number of anilines is 1. The van der Waals surface area contributed by atoms with Crippen LogP contribution in [0, 0.1) is 5.92 Å². The molecular formula is C16H25N3. The van der Waals surface area contributed by atoms with E-state index in [1.807, 2.05) is 0 Å². The zero-order valence-electron chi connectivity index (χ0n) is 11.9. The van der Waals surface area contributed by atoms with Gasteiger partial charge in [-0.2, -0.15) is 0 Å². The van der Waals surface area contributed by atoms with Crippen LogP contribution >= 0.6 is 0 Å². The first kappa shape index (κ1) is 12.9. The number of hydrogen-bond donors (Lipinski definition) is 1. The molecular weight excluding hydrogens is 234 g/mol. The summed E-state index contributed by atoms with van der Waals surface area (Å²) < 4.78 is 0. The van der Waals surface area contributed by atoms with Crippen molar-refractivity contribution < 1.29 is 0 Å². The van der Waals surface area contributed by atoms with E-state index in [0.717, 1.165) is 30.9 Å². The van der Waals surface area contributed by atoms with E-state index in [4.69, 9.17) is 4.98 Å². The maximum absolute atomic E-state index is 4.71. The highest BCUT2D eigenvalue weighted by Crippen LogP contribution is 2.36. The quantitative estimate of drug-likeness (QED) is 0.899. The summed E-state index contributed by atoms with van der Waals surface area (Å²) in [7, 11) is 0. The number of nitrogens with one attached hydrogen (secondary N) is 1. The van der Waals surface area contributed by atoms with Crippen molar-refractivity contribution in [3.63, 3.8) is 0 Å². The standard InChI is InChI=1S/C16H25N3/c1-2-17-16-9-5-7-14(18-16)12-19-11-10-13-6-3-4-8-15(13)19/h5,7,9,13,15H,2-4,6,8,10-12H2,1H3,(H,17,18). The van der Waals surface area contributed by atoms with Crippen molar-refractivity contribution in [1.29, 1.82) is 0 Å². The first-order valence-corrected chi connectivity index (χ1v) is 7.80. The molecule has 19 heavy (non-hydrogen) atoms. The number of aromatic nitrogens is 1. The number of nitrogens with zero attached hydrogens (tertiary/aromatic N) is 2. The molecule has 1 aromatic rings. The van der Waals surface area contributed by atoms with E-state index in [0.29, 0.717) is 0 Å². The maximum Gasteiger partial charge on any atom is 0.126 e. The third-order valence-corrected chi connectivity index (χ3v) is 4.65. The Bertz CT molecular complexity index is 418. The highest BCUT2D eigenvalue weighted by atomic mass is 15.2. The van der Waals surface area contributed by atoms with E-state index >= 15 is 0 Å². The lowest BCUT2D eigenvalue weighted by Gasteiger charge is -2.31. The smallest absolute Gasteiger partial charge is 0.126 e. The molecule has 1 aromatic heterocycles. The van der Waals surface area contributed by atoms with Gasteiger partial charge >= 0.3 is 0 Å². The molecule has 2 heterocycles. The molecule has 3 heteroatoms. The summed E-state index contributed by atoms with van der Waals surface area (Å²) in [5.41, 5.74) is 1.21. The topological polar surface area (TPSA) is 28.2 Å². The normalized spacial score (nSPS) is 27.2. The van der Waals surface area contributed by atoms with E-state index in [9.17, 15) is 0 Å². The van der Waals surface area contributed by atoms with E-state index in [1.54, 1.807) is 0 Å². The lowest BCUT2D eigenvalue weighted by atomic mass is 9.85. The highest BCUT2D eigenvalue weighted by Gasteiger charge is 2.35. The van der Waals surface area contributed by atoms with Crippen LogP contribution in [0.4, 0.5) is 5.82 Å². The SMILES string of the molecule is CCNc1cccc(CN2CCC3CCCCC32)n1. The number of pyridine rings is 1. The van der Waals surface area contributed by atoms with Gasteiger partial charge in [0.15, 0.2) is 0 Å². The minimum Gasteiger partial charge on any atom is -0.370 e. The van der Waals surface area contributed by atoms with Crippen molar-refractivity contribution in [2.45, 2.75) is 51.6 Å². The summed E-state index contributed by atoms with van der Waals surface area (Å²) >= 11 is 0. The number of rotatable bonds is 4. The predicted octanol–water partition coefficient (Wildman–Crippen LogP) is 3.28. The third kappa shape index (κ3) is 2.92. The molecule has 1 aliphatic heterocycles. The first-order valence-electron chi connectivity index (χ1n) is 7.80. The van der Waals surface area contributed by atoms with E-state index in [2.05, 4.69) is 35.3 Å². The minimum atomic E-state index is 0.832. The molecule has 3 nitrogen and oxygen atoms in total. The fourth-order valence-electron chi connectivity index (χ4n) is 3.75. The maximum atomic E-state index is 4.71. The van der Waals surface area contributed by atoms with Crippen LogP contribution in [0.2, 0.25) is 0 Å². The van der Waals surface area contributed by atoms with Gasteiger partial charge in [-0.05, 0) is 50.8 Å². The largest absolute Gasteiger partial charge is 0.370 e. The molecule has 0 aromatic carbocycles. The Morgan fingerprint density at radius 3 is 3.05 bits per heavy atom. The minimum absolute atomic E-state index is 0.832. The average molecular weight is 259 g/mol. The van der Waals surface area contributed by atoms with Crippen LogP contribution in [0.5, 0.6) is 0 Å². The fraction of sp³-hybridized carbons (Fsp3) is 0.688. The molecule has 3 rings (SSSR count). The first-order chi connectivity index (χ1) is 9.36. The molecule has 2 aliphatic rings. The third-order valence-electron chi connectivity index (χ3n) is 4.65. The molecule has 104 valence electrons. The van der Waals surface area contributed by atoms with Gasteiger partial charge in [0.2, 0.25) is 0 Å². The van der Waals surface area contributed by atoms with Crippen molar-refractivity contribution in [3.05, 3.63) is 23.9 Å². The Hall–Kier alpha value is -1.09. The summed E-state index contributed by atoms with van der Waals surface area (Å²) in [6, 6.07) is 7.17. The molecule has 1 N–H and O–H groups in total. The fourth-order valence-corrected chi connectivity index (χ4v) is 3.75. The van der Waals surface area contributed by atoms with Gasteiger partial charge in [-0.15, -0.1) is 0 Å². The van der Waals surface area contributed by atoms with Gasteiger partial charge in [-0.25, -0.2) is 4.98 Å². The molecule has 1 aliphatic carbocycles. The molecule has 0 amide bonds. The van der Waals surface area contributed by atoms with E-state index in [-0.39, 0.29) is 0 Å². The molecule has 0 bridgehead atoms. The van der Waals surface area contributed by atoms with Crippen LogP contribution in [0.3, 0.4) is 0 Å². The summed E-state index contributed by atoms with van der Waals surface area (Å²) in [4.78, 5) is 7.38. The Kier molecular flexibility index (Phi) is 4.02. The molecule has 2 unspecified atom stereocenters. The van der Waals surface area contributed by atoms with Crippen molar-refractivity contribution in [1.82, 2.24) is 9.88 Å². The Labute approximate surface area is 116 Å². The summed E-state index contributed by atoms with van der Waals surface area (Å²) in [6.07, 6.45) is 7.12. The average Bonchev–Trinajstić information content (AvgIpc) is 2.83. The zero-order chi connectivity index (χ0) is 13.1. The molecule has 1 saturated heterocycles. The molecule has 2 fully saturated rings. The molecule has 0 radical (unpaired) electrons. The van der Waals surface area contributed by atoms with E-state index in [1.165, 1.54) is 44.3 Å². The van der Waals surface area contributed by atoms with Gasteiger partial charge in [-0.1, -0.05) is 18.9 Å². The second kappa shape index (κ2) is 5.91. The van der Waals surface area contributed by atoms with Gasteiger partial charge in [0.1, 0.15) is 5.82 Å². The Morgan fingerprint density at radius 1 is 1.26 bits per heavy atom. The van der Waals surface area contributed by atoms with E-state index < -0.39 is 0 Å². The summed E-state index contributed by atoms with van der Waals surface area (Å²) in [5.74, 6) is 1.98. The van der Waals surface area contributed by atoms with Crippen LogP contribution in [0.1, 0.15) is 44.7 Å². The van der Waals surface area contributed by atoms with Gasteiger partial charge < -0.3 is 5.32 Å². The second-order valence-electron chi connectivity index (χ2n) is 5.92. The lowest BCUT2D eigenvalue weighted by Crippen LogP contribution is -2.34. The van der Waals surface area contributed by atoms with Crippen LogP contribution in [0.15, 0.2) is 18.2 Å². The summed E-state index contributed by atoms with van der Waals surface area (Å²) in [5, 5.41) is 3.30.